The number of hydrogen-bond acceptors (Lipinski definition) is 3. The standard InChI is InChI=1S/C11H20N4/c1-9-6-11(15(3)13-9)7-12-10-4-5-14(2)8-10/h6,10,12H,4-5,7-8H2,1-3H3. The lowest BCUT2D eigenvalue weighted by Crippen LogP contribution is -2.31. The molecule has 1 aliphatic rings. The minimum absolute atomic E-state index is 0.644. The largest absolute Gasteiger partial charge is 0.307 e. The molecule has 0 aromatic carbocycles. The second-order valence-electron chi connectivity index (χ2n) is 4.53. The molecule has 1 fully saturated rings. The smallest absolute Gasteiger partial charge is 0.0597 e. The van der Waals surface area contributed by atoms with Crippen molar-refractivity contribution in [2.24, 2.45) is 7.05 Å². The molecule has 2 heterocycles. The van der Waals surface area contributed by atoms with Gasteiger partial charge in [0.15, 0.2) is 0 Å². The Morgan fingerprint density at radius 3 is 2.87 bits per heavy atom. The van der Waals surface area contributed by atoms with Gasteiger partial charge in [-0.25, -0.2) is 0 Å². The van der Waals surface area contributed by atoms with Crippen molar-refractivity contribution in [3.05, 3.63) is 17.5 Å². The summed E-state index contributed by atoms with van der Waals surface area (Å²) in [5.74, 6) is 0. The molecule has 15 heavy (non-hydrogen) atoms. The fraction of sp³-hybridized carbons (Fsp3) is 0.727. The Balaban J connectivity index is 1.85. The van der Waals surface area contributed by atoms with Gasteiger partial charge in [0.2, 0.25) is 0 Å². The first-order valence-electron chi connectivity index (χ1n) is 5.56. The molecule has 84 valence electrons. The highest BCUT2D eigenvalue weighted by molar-refractivity contribution is 5.08. The summed E-state index contributed by atoms with van der Waals surface area (Å²) in [5, 5.41) is 7.92. The van der Waals surface area contributed by atoms with Crippen LogP contribution in [0.25, 0.3) is 0 Å². The first-order chi connectivity index (χ1) is 7.15. The third kappa shape index (κ3) is 2.58. The zero-order valence-corrected chi connectivity index (χ0v) is 9.82. The SMILES string of the molecule is Cc1cc(CNC2CCN(C)C2)n(C)n1. The number of rotatable bonds is 3. The highest BCUT2D eigenvalue weighted by atomic mass is 15.3. The van der Waals surface area contributed by atoms with Crippen molar-refractivity contribution in [1.29, 1.82) is 0 Å². The summed E-state index contributed by atoms with van der Waals surface area (Å²) in [5.41, 5.74) is 2.36. The average molecular weight is 208 g/mol. The van der Waals surface area contributed by atoms with E-state index in [-0.39, 0.29) is 0 Å². The summed E-state index contributed by atoms with van der Waals surface area (Å²) >= 11 is 0. The molecule has 1 aromatic heterocycles. The fourth-order valence-electron chi connectivity index (χ4n) is 2.18. The molecular formula is C11H20N4. The number of likely N-dealkylation sites (N-methyl/N-ethyl adjacent to an activating group) is 1. The molecule has 0 saturated carbocycles. The molecule has 2 rings (SSSR count). The molecule has 0 bridgehead atoms. The van der Waals surface area contributed by atoms with Gasteiger partial charge in [-0.05, 0) is 33.0 Å². The maximum atomic E-state index is 4.34. The number of hydrogen-bond donors (Lipinski definition) is 1. The van der Waals surface area contributed by atoms with Gasteiger partial charge in [-0.15, -0.1) is 0 Å². The van der Waals surface area contributed by atoms with Gasteiger partial charge in [0.1, 0.15) is 0 Å². The van der Waals surface area contributed by atoms with Crippen LogP contribution in [-0.4, -0.2) is 40.9 Å². The van der Waals surface area contributed by atoms with Gasteiger partial charge < -0.3 is 10.2 Å². The Morgan fingerprint density at radius 2 is 2.33 bits per heavy atom. The van der Waals surface area contributed by atoms with E-state index < -0.39 is 0 Å². The minimum Gasteiger partial charge on any atom is -0.307 e. The van der Waals surface area contributed by atoms with Crippen molar-refractivity contribution in [2.45, 2.75) is 25.9 Å². The van der Waals surface area contributed by atoms with E-state index in [0.29, 0.717) is 6.04 Å². The molecule has 1 saturated heterocycles. The van der Waals surface area contributed by atoms with Gasteiger partial charge in [0.25, 0.3) is 0 Å². The third-order valence-electron chi connectivity index (χ3n) is 3.06. The predicted molar refractivity (Wildman–Crippen MR) is 60.7 cm³/mol. The topological polar surface area (TPSA) is 33.1 Å². The maximum absolute atomic E-state index is 4.34. The Kier molecular flexibility index (Phi) is 3.07. The lowest BCUT2D eigenvalue weighted by atomic mass is 10.2. The summed E-state index contributed by atoms with van der Waals surface area (Å²) < 4.78 is 1.96. The number of nitrogens with one attached hydrogen (secondary N) is 1. The molecule has 1 aromatic rings. The number of likely N-dealkylation sites (tertiary alicyclic amines) is 1. The zero-order chi connectivity index (χ0) is 10.8. The summed E-state index contributed by atoms with van der Waals surface area (Å²) in [6, 6.07) is 2.79. The average Bonchev–Trinajstić information content (AvgIpc) is 2.70. The van der Waals surface area contributed by atoms with Crippen LogP contribution >= 0.6 is 0 Å². The Labute approximate surface area is 91.3 Å². The van der Waals surface area contributed by atoms with Crippen molar-refractivity contribution >= 4 is 0 Å². The third-order valence-corrected chi connectivity index (χ3v) is 3.06. The van der Waals surface area contributed by atoms with Gasteiger partial charge in [-0.2, -0.15) is 5.10 Å². The van der Waals surface area contributed by atoms with Gasteiger partial charge in [0.05, 0.1) is 11.4 Å². The highest BCUT2D eigenvalue weighted by Gasteiger charge is 2.18. The van der Waals surface area contributed by atoms with Crippen LogP contribution in [0.1, 0.15) is 17.8 Å². The van der Waals surface area contributed by atoms with E-state index in [1.165, 1.54) is 18.7 Å². The van der Waals surface area contributed by atoms with Gasteiger partial charge in [-0.3, -0.25) is 4.68 Å². The highest BCUT2D eigenvalue weighted by Crippen LogP contribution is 2.08. The van der Waals surface area contributed by atoms with Crippen LogP contribution in [0.4, 0.5) is 0 Å². The predicted octanol–water partition coefficient (Wildman–Crippen LogP) is 0.522. The fourth-order valence-corrected chi connectivity index (χ4v) is 2.18. The monoisotopic (exact) mass is 208 g/mol. The molecule has 0 aliphatic carbocycles. The molecule has 1 atom stereocenters. The van der Waals surface area contributed by atoms with E-state index in [0.717, 1.165) is 18.8 Å². The quantitative estimate of drug-likeness (QED) is 0.786. The van der Waals surface area contributed by atoms with Crippen LogP contribution in [0.5, 0.6) is 0 Å². The van der Waals surface area contributed by atoms with Crippen LogP contribution in [0.2, 0.25) is 0 Å². The molecule has 1 N–H and O–H groups in total. The molecule has 0 amide bonds. The second-order valence-corrected chi connectivity index (χ2v) is 4.53. The minimum atomic E-state index is 0.644. The molecule has 4 heteroatoms. The summed E-state index contributed by atoms with van der Waals surface area (Å²) in [6.45, 7) is 5.33. The summed E-state index contributed by atoms with van der Waals surface area (Å²) in [4.78, 5) is 2.37. The van der Waals surface area contributed by atoms with E-state index >= 15 is 0 Å². The first kappa shape index (κ1) is 10.6. The van der Waals surface area contributed by atoms with Crippen molar-refractivity contribution < 1.29 is 0 Å². The van der Waals surface area contributed by atoms with Crippen LogP contribution in [0.3, 0.4) is 0 Å². The normalized spacial score (nSPS) is 22.5. The Hall–Kier alpha value is -0.870. The lowest BCUT2D eigenvalue weighted by Gasteiger charge is -2.12. The maximum Gasteiger partial charge on any atom is 0.0597 e. The number of nitrogens with zero attached hydrogens (tertiary/aromatic N) is 3. The summed E-state index contributed by atoms with van der Waals surface area (Å²) in [7, 11) is 4.18. The van der Waals surface area contributed by atoms with Crippen LogP contribution in [0, 0.1) is 6.92 Å². The van der Waals surface area contributed by atoms with Crippen molar-refractivity contribution in [3.63, 3.8) is 0 Å². The van der Waals surface area contributed by atoms with Gasteiger partial charge in [0, 0.05) is 26.2 Å². The molecule has 0 radical (unpaired) electrons. The zero-order valence-electron chi connectivity index (χ0n) is 9.82. The van der Waals surface area contributed by atoms with E-state index in [9.17, 15) is 0 Å². The number of aryl methyl sites for hydroxylation is 2. The van der Waals surface area contributed by atoms with Gasteiger partial charge >= 0.3 is 0 Å². The molecule has 0 spiro atoms. The molecule has 4 nitrogen and oxygen atoms in total. The van der Waals surface area contributed by atoms with E-state index in [1.54, 1.807) is 0 Å². The lowest BCUT2D eigenvalue weighted by molar-refractivity contribution is 0.396. The van der Waals surface area contributed by atoms with Crippen molar-refractivity contribution in [3.8, 4) is 0 Å². The molecular weight excluding hydrogens is 188 g/mol. The summed E-state index contributed by atoms with van der Waals surface area (Å²) in [6.07, 6.45) is 1.26. The Bertz CT molecular complexity index is 331. The van der Waals surface area contributed by atoms with E-state index in [1.807, 2.05) is 18.7 Å². The first-order valence-corrected chi connectivity index (χ1v) is 5.56. The van der Waals surface area contributed by atoms with Gasteiger partial charge in [-0.1, -0.05) is 0 Å². The van der Waals surface area contributed by atoms with Crippen LogP contribution in [0.15, 0.2) is 6.07 Å². The van der Waals surface area contributed by atoms with E-state index in [4.69, 9.17) is 0 Å². The Morgan fingerprint density at radius 1 is 1.53 bits per heavy atom. The van der Waals surface area contributed by atoms with Crippen LogP contribution < -0.4 is 5.32 Å². The number of aromatic nitrogens is 2. The molecule has 1 unspecified atom stereocenters. The van der Waals surface area contributed by atoms with Crippen LogP contribution in [-0.2, 0) is 13.6 Å². The second kappa shape index (κ2) is 4.33. The molecule has 1 aliphatic heterocycles. The van der Waals surface area contributed by atoms with E-state index in [2.05, 4.69) is 28.4 Å². The van der Waals surface area contributed by atoms with Crippen molar-refractivity contribution in [1.82, 2.24) is 20.0 Å². The van der Waals surface area contributed by atoms with Crippen molar-refractivity contribution in [2.75, 3.05) is 20.1 Å².